The zero-order valence-corrected chi connectivity index (χ0v) is 13.6. The van der Waals surface area contributed by atoms with Crippen LogP contribution in [0.4, 0.5) is 22.7 Å². The zero-order chi connectivity index (χ0) is 16.9. The molecule has 0 spiro atoms. The second kappa shape index (κ2) is 6.93. The van der Waals surface area contributed by atoms with E-state index in [-0.39, 0.29) is 0 Å². The molecule has 2 heterocycles. The Labute approximate surface area is 146 Å². The summed E-state index contributed by atoms with van der Waals surface area (Å²) in [4.78, 5) is 0. The topological polar surface area (TPSA) is 40.9 Å². The quantitative estimate of drug-likeness (QED) is 0.386. The van der Waals surface area contributed by atoms with Gasteiger partial charge in [0.05, 0.1) is 17.1 Å². The van der Waals surface area contributed by atoms with Gasteiger partial charge in [-0.05, 0) is 42.5 Å². The lowest BCUT2D eigenvalue weighted by molar-refractivity contribution is -0.511. The number of azo groups is 1. The van der Waals surface area contributed by atoms with Gasteiger partial charge in [0.25, 0.3) is 0 Å². The number of fused-ring (bicyclic) bond motifs is 1. The lowest BCUT2D eigenvalue weighted by Gasteiger charge is -2.05. The van der Waals surface area contributed by atoms with Gasteiger partial charge in [0.15, 0.2) is 12.4 Å². The average molecular weight is 325 g/mol. The summed E-state index contributed by atoms with van der Waals surface area (Å²) in [7, 11) is 0. The van der Waals surface area contributed by atoms with Gasteiger partial charge in [-0.3, -0.25) is 0 Å². The van der Waals surface area contributed by atoms with Crippen LogP contribution in [0.3, 0.4) is 0 Å². The Morgan fingerprint density at radius 3 is 2.12 bits per heavy atom. The minimum absolute atomic E-state index is 0.823. The van der Waals surface area contributed by atoms with Crippen LogP contribution in [0.25, 0.3) is 5.52 Å². The Morgan fingerprint density at radius 1 is 0.600 bits per heavy atom. The fraction of sp³-hybridized carbons (Fsp3) is 0. The highest BCUT2D eigenvalue weighted by Gasteiger charge is 2.02. The molecule has 4 heteroatoms. The van der Waals surface area contributed by atoms with Gasteiger partial charge in [-0.1, -0.05) is 18.2 Å². The first-order valence-electron chi connectivity index (χ1n) is 8.11. The fourth-order valence-corrected chi connectivity index (χ4v) is 2.56. The number of nitrogens with zero attached hydrogens (tertiary/aromatic N) is 3. The Kier molecular flexibility index (Phi) is 4.16. The SMILES string of the molecule is c1ccc(N=Nc2ccc(Nc3cc[n+]4ccccc4c3)cc2)cc1. The van der Waals surface area contributed by atoms with Gasteiger partial charge in [0.1, 0.15) is 0 Å². The van der Waals surface area contributed by atoms with Crippen LogP contribution < -0.4 is 9.72 Å². The van der Waals surface area contributed by atoms with Crippen molar-refractivity contribution in [1.29, 1.82) is 0 Å². The molecular formula is C21H17N4+. The fourth-order valence-electron chi connectivity index (χ4n) is 2.56. The van der Waals surface area contributed by atoms with E-state index in [0.717, 1.165) is 28.3 Å². The maximum absolute atomic E-state index is 4.26. The number of anilines is 2. The van der Waals surface area contributed by atoms with Gasteiger partial charge in [-0.15, -0.1) is 0 Å². The van der Waals surface area contributed by atoms with Crippen LogP contribution in [-0.4, -0.2) is 0 Å². The minimum Gasteiger partial charge on any atom is -0.355 e. The molecule has 0 aliphatic carbocycles. The Bertz CT molecular complexity index is 1010. The second-order valence-electron chi connectivity index (χ2n) is 5.66. The summed E-state index contributed by atoms with van der Waals surface area (Å²) in [6, 6.07) is 27.9. The van der Waals surface area contributed by atoms with Crippen LogP contribution in [0.15, 0.2) is 108 Å². The van der Waals surface area contributed by atoms with Gasteiger partial charge in [0.2, 0.25) is 5.52 Å². The first-order chi connectivity index (χ1) is 12.4. The third-order valence-corrected chi connectivity index (χ3v) is 3.83. The number of hydrogen-bond acceptors (Lipinski definition) is 3. The van der Waals surface area contributed by atoms with E-state index < -0.39 is 0 Å². The molecule has 0 saturated heterocycles. The molecule has 0 unspecified atom stereocenters. The summed E-state index contributed by atoms with van der Waals surface area (Å²) in [6.07, 6.45) is 4.08. The molecule has 4 nitrogen and oxygen atoms in total. The number of hydrogen-bond donors (Lipinski definition) is 1. The van der Waals surface area contributed by atoms with Gasteiger partial charge < -0.3 is 5.32 Å². The van der Waals surface area contributed by atoms with E-state index in [1.54, 1.807) is 0 Å². The molecule has 0 aliphatic heterocycles. The van der Waals surface area contributed by atoms with Crippen molar-refractivity contribution in [2.24, 2.45) is 10.2 Å². The van der Waals surface area contributed by atoms with Crippen LogP contribution in [0.5, 0.6) is 0 Å². The van der Waals surface area contributed by atoms with E-state index in [1.807, 2.05) is 79.1 Å². The molecule has 2 aromatic heterocycles. The standard InChI is InChI=1S/C21H16N4/c1-2-6-18(7-3-1)23-24-19-11-9-17(10-12-19)22-20-13-15-25-14-5-4-8-21(25)16-20/h1-16H/p+1. The normalized spacial score (nSPS) is 11.0. The molecule has 0 radical (unpaired) electrons. The zero-order valence-electron chi connectivity index (χ0n) is 13.6. The first-order valence-corrected chi connectivity index (χ1v) is 8.11. The molecule has 0 aliphatic rings. The molecule has 0 fully saturated rings. The lowest BCUT2D eigenvalue weighted by Crippen LogP contribution is -2.19. The highest BCUT2D eigenvalue weighted by molar-refractivity contribution is 5.64. The minimum atomic E-state index is 0.823. The van der Waals surface area contributed by atoms with E-state index in [0.29, 0.717) is 0 Å². The maximum atomic E-state index is 4.26. The van der Waals surface area contributed by atoms with E-state index in [9.17, 15) is 0 Å². The highest BCUT2D eigenvalue weighted by atomic mass is 15.1. The van der Waals surface area contributed by atoms with Gasteiger partial charge in [-0.2, -0.15) is 14.6 Å². The molecule has 4 aromatic rings. The number of rotatable bonds is 4. The largest absolute Gasteiger partial charge is 0.355 e. The monoisotopic (exact) mass is 325 g/mol. The summed E-state index contributed by atoms with van der Waals surface area (Å²) < 4.78 is 2.08. The summed E-state index contributed by atoms with van der Waals surface area (Å²) in [5.41, 5.74) is 4.87. The molecule has 0 atom stereocenters. The van der Waals surface area contributed by atoms with Crippen LogP contribution >= 0.6 is 0 Å². The number of aromatic nitrogens is 1. The molecule has 0 saturated carbocycles. The Hall–Kier alpha value is -3.53. The molecule has 25 heavy (non-hydrogen) atoms. The van der Waals surface area contributed by atoms with Gasteiger partial charge >= 0.3 is 0 Å². The van der Waals surface area contributed by atoms with E-state index in [1.165, 1.54) is 0 Å². The van der Waals surface area contributed by atoms with E-state index >= 15 is 0 Å². The molecule has 0 amide bonds. The first kappa shape index (κ1) is 15.0. The number of benzene rings is 2. The van der Waals surface area contributed by atoms with Gasteiger partial charge in [-0.25, -0.2) is 0 Å². The van der Waals surface area contributed by atoms with Crippen molar-refractivity contribution in [1.82, 2.24) is 0 Å². The third-order valence-electron chi connectivity index (χ3n) is 3.83. The van der Waals surface area contributed by atoms with Crippen LogP contribution in [-0.2, 0) is 0 Å². The summed E-state index contributed by atoms with van der Waals surface area (Å²) in [6.45, 7) is 0. The van der Waals surface area contributed by atoms with E-state index in [2.05, 4.69) is 38.1 Å². The van der Waals surface area contributed by atoms with Crippen LogP contribution in [0.2, 0.25) is 0 Å². The van der Waals surface area contributed by atoms with Crippen molar-refractivity contribution in [3.05, 3.63) is 97.3 Å². The number of nitrogens with one attached hydrogen (secondary N) is 1. The lowest BCUT2D eigenvalue weighted by atomic mass is 10.2. The molecule has 2 aromatic carbocycles. The van der Waals surface area contributed by atoms with Crippen molar-refractivity contribution < 1.29 is 4.40 Å². The third kappa shape index (κ3) is 3.70. The average Bonchev–Trinajstić information content (AvgIpc) is 2.68. The summed E-state index contributed by atoms with van der Waals surface area (Å²) in [5, 5.41) is 11.9. The Morgan fingerprint density at radius 2 is 1.32 bits per heavy atom. The van der Waals surface area contributed by atoms with Gasteiger partial charge in [0, 0.05) is 30.0 Å². The molecule has 4 rings (SSSR count). The van der Waals surface area contributed by atoms with Crippen LogP contribution in [0.1, 0.15) is 0 Å². The van der Waals surface area contributed by atoms with Crippen molar-refractivity contribution >= 4 is 28.3 Å². The smallest absolute Gasteiger partial charge is 0.212 e. The molecule has 1 N–H and O–H groups in total. The summed E-state index contributed by atoms with van der Waals surface area (Å²) >= 11 is 0. The van der Waals surface area contributed by atoms with Crippen molar-refractivity contribution in [2.75, 3.05) is 5.32 Å². The van der Waals surface area contributed by atoms with Crippen molar-refractivity contribution in [3.63, 3.8) is 0 Å². The Balaban J connectivity index is 1.48. The predicted molar refractivity (Wildman–Crippen MR) is 99.9 cm³/mol. The molecular weight excluding hydrogens is 308 g/mol. The van der Waals surface area contributed by atoms with E-state index in [4.69, 9.17) is 0 Å². The predicted octanol–water partition coefficient (Wildman–Crippen LogP) is 5.58. The summed E-state index contributed by atoms with van der Waals surface area (Å²) in [5.74, 6) is 0. The number of pyridine rings is 2. The van der Waals surface area contributed by atoms with Crippen LogP contribution in [0, 0.1) is 0 Å². The molecule has 120 valence electrons. The molecule has 0 bridgehead atoms. The van der Waals surface area contributed by atoms with Crippen molar-refractivity contribution in [2.45, 2.75) is 0 Å². The maximum Gasteiger partial charge on any atom is 0.212 e. The highest BCUT2D eigenvalue weighted by Crippen LogP contribution is 2.22. The van der Waals surface area contributed by atoms with Crippen molar-refractivity contribution in [3.8, 4) is 0 Å². The second-order valence-corrected chi connectivity index (χ2v) is 5.66.